The van der Waals surface area contributed by atoms with Crippen molar-refractivity contribution in [2.75, 3.05) is 11.5 Å². The van der Waals surface area contributed by atoms with Crippen molar-refractivity contribution < 1.29 is 8.42 Å². The Labute approximate surface area is 96.3 Å². The molecule has 3 unspecified atom stereocenters. The summed E-state index contributed by atoms with van der Waals surface area (Å²) in [6.07, 6.45) is 0. The third-order valence-corrected chi connectivity index (χ3v) is 5.50. The van der Waals surface area contributed by atoms with Gasteiger partial charge in [0.05, 0.1) is 11.5 Å². The summed E-state index contributed by atoms with van der Waals surface area (Å²) in [6, 6.07) is 0. The SMILES string of the molecule is CC1CS(=O)(=O)CC(C(C)(C)C)C1C.[B]. The molecule has 1 aliphatic heterocycles. The van der Waals surface area contributed by atoms with Crippen molar-refractivity contribution in [1.82, 2.24) is 0 Å². The number of rotatable bonds is 0. The molecule has 1 heterocycles. The van der Waals surface area contributed by atoms with E-state index in [4.69, 9.17) is 0 Å². The molecule has 2 nitrogen and oxygen atoms in total. The Morgan fingerprint density at radius 2 is 1.53 bits per heavy atom. The molecule has 0 bridgehead atoms. The standard InChI is InChI=1S/C11H22O2S.B/c1-8-6-14(12,13)7-10(9(8)2)11(3,4)5;/h8-10H,6-7H2,1-5H3;. The molecule has 0 spiro atoms. The predicted octanol–water partition coefficient (Wildman–Crippen LogP) is 1.97. The van der Waals surface area contributed by atoms with Gasteiger partial charge in [-0.1, -0.05) is 34.6 Å². The topological polar surface area (TPSA) is 34.1 Å². The fraction of sp³-hybridized carbons (Fsp3) is 1.00. The van der Waals surface area contributed by atoms with Crippen LogP contribution in [0.15, 0.2) is 0 Å². The van der Waals surface area contributed by atoms with Gasteiger partial charge in [-0.2, -0.15) is 0 Å². The highest BCUT2D eigenvalue weighted by Gasteiger charge is 2.41. The lowest BCUT2D eigenvalue weighted by molar-refractivity contribution is 0.147. The normalized spacial score (nSPS) is 35.7. The quantitative estimate of drug-likeness (QED) is 0.595. The molecule has 0 saturated carbocycles. The Bertz CT molecular complexity index is 303. The van der Waals surface area contributed by atoms with Crippen LogP contribution in [0, 0.1) is 23.2 Å². The Hall–Kier alpha value is 0.0149. The van der Waals surface area contributed by atoms with E-state index >= 15 is 0 Å². The Kier molecular flexibility index (Phi) is 4.49. The summed E-state index contributed by atoms with van der Waals surface area (Å²) < 4.78 is 23.3. The van der Waals surface area contributed by atoms with Crippen molar-refractivity contribution in [2.45, 2.75) is 34.6 Å². The molecule has 0 aromatic carbocycles. The second-order valence-electron chi connectivity index (χ2n) is 5.89. The minimum atomic E-state index is -2.80. The van der Waals surface area contributed by atoms with Gasteiger partial charge in [0.2, 0.25) is 0 Å². The summed E-state index contributed by atoms with van der Waals surface area (Å²) >= 11 is 0. The van der Waals surface area contributed by atoms with E-state index < -0.39 is 9.84 Å². The van der Waals surface area contributed by atoms with Crippen LogP contribution in [0.25, 0.3) is 0 Å². The molecule has 1 saturated heterocycles. The number of hydrogen-bond acceptors (Lipinski definition) is 2. The lowest BCUT2D eigenvalue weighted by atomic mass is 9.71. The molecule has 0 amide bonds. The van der Waals surface area contributed by atoms with Gasteiger partial charge in [-0.15, -0.1) is 0 Å². The van der Waals surface area contributed by atoms with Gasteiger partial charge in [0, 0.05) is 8.41 Å². The van der Waals surface area contributed by atoms with E-state index in [1.165, 1.54) is 0 Å². The molecule has 0 aliphatic carbocycles. The fourth-order valence-electron chi connectivity index (χ4n) is 2.48. The van der Waals surface area contributed by atoms with E-state index in [9.17, 15) is 8.42 Å². The first kappa shape index (κ1) is 15.0. The largest absolute Gasteiger partial charge is 0.229 e. The van der Waals surface area contributed by atoms with Gasteiger partial charge in [0.25, 0.3) is 0 Å². The molecule has 15 heavy (non-hydrogen) atoms. The Balaban J connectivity index is 0.00000196. The molecular weight excluding hydrogens is 207 g/mol. The highest BCUT2D eigenvalue weighted by atomic mass is 32.2. The zero-order valence-electron chi connectivity index (χ0n) is 10.4. The third kappa shape index (κ3) is 3.51. The van der Waals surface area contributed by atoms with Gasteiger partial charge in [0.15, 0.2) is 9.84 Å². The lowest BCUT2D eigenvalue weighted by Crippen LogP contribution is -2.43. The van der Waals surface area contributed by atoms with Crippen molar-refractivity contribution in [2.24, 2.45) is 23.2 Å². The number of sulfone groups is 1. The van der Waals surface area contributed by atoms with E-state index in [1.54, 1.807) is 0 Å². The van der Waals surface area contributed by atoms with E-state index in [1.807, 2.05) is 0 Å². The van der Waals surface area contributed by atoms with Crippen LogP contribution >= 0.6 is 0 Å². The zero-order chi connectivity index (χ0) is 11.1. The molecule has 0 N–H and O–H groups in total. The molecule has 3 atom stereocenters. The molecule has 1 fully saturated rings. The van der Waals surface area contributed by atoms with E-state index in [0.717, 1.165) is 0 Å². The van der Waals surface area contributed by atoms with Gasteiger partial charge < -0.3 is 0 Å². The molecule has 4 heteroatoms. The average Bonchev–Trinajstić information content (AvgIpc) is 1.93. The second kappa shape index (κ2) is 4.48. The highest BCUT2D eigenvalue weighted by molar-refractivity contribution is 7.91. The van der Waals surface area contributed by atoms with Gasteiger partial charge in [-0.3, -0.25) is 0 Å². The van der Waals surface area contributed by atoms with Crippen molar-refractivity contribution in [1.29, 1.82) is 0 Å². The molecular formula is C11H22BO2S. The van der Waals surface area contributed by atoms with Gasteiger partial charge in [0.1, 0.15) is 0 Å². The predicted molar refractivity (Wildman–Crippen MR) is 65.7 cm³/mol. The highest BCUT2D eigenvalue weighted by Crippen LogP contribution is 2.40. The summed E-state index contributed by atoms with van der Waals surface area (Å²) in [5.74, 6) is 1.87. The summed E-state index contributed by atoms with van der Waals surface area (Å²) in [6.45, 7) is 10.7. The van der Waals surface area contributed by atoms with Crippen molar-refractivity contribution in [3.05, 3.63) is 0 Å². The maximum Gasteiger partial charge on any atom is 0.150 e. The maximum atomic E-state index is 11.7. The van der Waals surface area contributed by atoms with Crippen LogP contribution in [0.1, 0.15) is 34.6 Å². The zero-order valence-corrected chi connectivity index (χ0v) is 11.3. The Morgan fingerprint density at radius 1 is 1.07 bits per heavy atom. The summed E-state index contributed by atoms with van der Waals surface area (Å²) in [5, 5.41) is 0. The Morgan fingerprint density at radius 3 is 1.93 bits per heavy atom. The summed E-state index contributed by atoms with van der Waals surface area (Å²) in [4.78, 5) is 0. The second-order valence-corrected chi connectivity index (χ2v) is 8.04. The van der Waals surface area contributed by atoms with Crippen LogP contribution < -0.4 is 0 Å². The first-order chi connectivity index (χ1) is 6.13. The van der Waals surface area contributed by atoms with Crippen LogP contribution in [0.5, 0.6) is 0 Å². The summed E-state index contributed by atoms with van der Waals surface area (Å²) in [7, 11) is -2.80. The smallest absolute Gasteiger partial charge is 0.150 e. The van der Waals surface area contributed by atoms with Crippen molar-refractivity contribution in [3.8, 4) is 0 Å². The van der Waals surface area contributed by atoms with Crippen LogP contribution in [-0.4, -0.2) is 28.3 Å². The van der Waals surface area contributed by atoms with E-state index in [-0.39, 0.29) is 13.8 Å². The van der Waals surface area contributed by atoms with Crippen LogP contribution in [-0.2, 0) is 9.84 Å². The first-order valence-electron chi connectivity index (χ1n) is 5.34. The summed E-state index contributed by atoms with van der Waals surface area (Å²) in [5.41, 5.74) is 0.0984. The fourth-order valence-corrected chi connectivity index (χ4v) is 5.07. The lowest BCUT2D eigenvalue weighted by Gasteiger charge is -2.41. The molecule has 87 valence electrons. The van der Waals surface area contributed by atoms with E-state index in [2.05, 4.69) is 34.6 Å². The molecule has 1 rings (SSSR count). The van der Waals surface area contributed by atoms with Crippen LogP contribution in [0.4, 0.5) is 0 Å². The van der Waals surface area contributed by atoms with Gasteiger partial charge in [-0.05, 0) is 23.2 Å². The molecule has 3 radical (unpaired) electrons. The monoisotopic (exact) mass is 229 g/mol. The average molecular weight is 229 g/mol. The van der Waals surface area contributed by atoms with Crippen molar-refractivity contribution in [3.63, 3.8) is 0 Å². The maximum absolute atomic E-state index is 11.7. The molecule has 0 aromatic rings. The molecule has 1 aliphatic rings. The molecule has 0 aromatic heterocycles. The van der Waals surface area contributed by atoms with Crippen molar-refractivity contribution >= 4 is 18.3 Å². The van der Waals surface area contributed by atoms with Gasteiger partial charge >= 0.3 is 0 Å². The minimum Gasteiger partial charge on any atom is -0.229 e. The number of hydrogen-bond donors (Lipinski definition) is 0. The third-order valence-electron chi connectivity index (χ3n) is 3.59. The van der Waals surface area contributed by atoms with Crippen LogP contribution in [0.2, 0.25) is 0 Å². The van der Waals surface area contributed by atoms with E-state index in [0.29, 0.717) is 29.3 Å². The minimum absolute atomic E-state index is 0. The van der Waals surface area contributed by atoms with Crippen LogP contribution in [0.3, 0.4) is 0 Å². The first-order valence-corrected chi connectivity index (χ1v) is 7.16. The van der Waals surface area contributed by atoms with Gasteiger partial charge in [-0.25, -0.2) is 8.42 Å².